The minimum atomic E-state index is -3.66. The fourth-order valence-electron chi connectivity index (χ4n) is 2.20. The van der Waals surface area contributed by atoms with Crippen molar-refractivity contribution in [1.82, 2.24) is 4.31 Å². The van der Waals surface area contributed by atoms with Crippen molar-refractivity contribution in [2.75, 3.05) is 19.7 Å². The molecule has 1 N–H and O–H groups in total. The average Bonchev–Trinajstić information content (AvgIpc) is 3.04. The molecule has 1 fully saturated rings. The first-order valence-corrected chi connectivity index (χ1v) is 8.73. The van der Waals surface area contributed by atoms with E-state index in [-0.39, 0.29) is 28.0 Å². The Kier molecular flexibility index (Phi) is 5.25. The second kappa shape index (κ2) is 6.57. The van der Waals surface area contributed by atoms with Crippen molar-refractivity contribution in [3.8, 4) is 0 Å². The Morgan fingerprint density at radius 3 is 2.80 bits per heavy atom. The highest BCUT2D eigenvalue weighted by molar-refractivity contribution is 9.10. The summed E-state index contributed by atoms with van der Waals surface area (Å²) in [7, 11) is -3.66. The van der Waals surface area contributed by atoms with E-state index >= 15 is 0 Å². The van der Waals surface area contributed by atoms with E-state index in [2.05, 4.69) is 15.9 Å². The van der Waals surface area contributed by atoms with Crippen LogP contribution in [-0.2, 0) is 21.4 Å². The molecule has 1 saturated heterocycles. The minimum Gasteiger partial charge on any atom is -0.450 e. The summed E-state index contributed by atoms with van der Waals surface area (Å²) >= 11 is 3.09. The lowest BCUT2D eigenvalue weighted by atomic mass is 10.2. The van der Waals surface area contributed by atoms with Gasteiger partial charge in [-0.15, -0.1) is 0 Å². The smallest absolute Gasteiger partial charge is 0.247 e. The first kappa shape index (κ1) is 16.0. The first-order chi connectivity index (χ1) is 9.48. The van der Waals surface area contributed by atoms with Crippen molar-refractivity contribution in [3.63, 3.8) is 0 Å². The molecule has 2 heterocycles. The van der Waals surface area contributed by atoms with Crippen LogP contribution in [0.5, 0.6) is 0 Å². The largest absolute Gasteiger partial charge is 0.450 e. The van der Waals surface area contributed by atoms with E-state index in [0.29, 0.717) is 19.7 Å². The van der Waals surface area contributed by atoms with Crippen LogP contribution in [0.15, 0.2) is 20.0 Å². The number of hydrogen-bond acceptors (Lipinski definition) is 5. The van der Waals surface area contributed by atoms with Gasteiger partial charge in [0.15, 0.2) is 4.67 Å². The maximum atomic E-state index is 12.6. The van der Waals surface area contributed by atoms with E-state index in [0.717, 1.165) is 12.8 Å². The molecule has 1 unspecified atom stereocenters. The van der Waals surface area contributed by atoms with Gasteiger partial charge in [0.1, 0.15) is 17.3 Å². The third kappa shape index (κ3) is 3.25. The highest BCUT2D eigenvalue weighted by Gasteiger charge is 2.31. The molecule has 0 saturated carbocycles. The molecule has 1 aromatic heterocycles. The summed E-state index contributed by atoms with van der Waals surface area (Å²) in [5.41, 5.74) is 0. The van der Waals surface area contributed by atoms with Gasteiger partial charge in [-0.3, -0.25) is 0 Å². The van der Waals surface area contributed by atoms with Crippen LogP contribution >= 0.6 is 15.9 Å². The van der Waals surface area contributed by atoms with E-state index in [4.69, 9.17) is 14.3 Å². The number of rotatable bonds is 6. The zero-order chi connectivity index (χ0) is 14.8. The van der Waals surface area contributed by atoms with E-state index in [1.54, 1.807) is 6.92 Å². The third-order valence-corrected chi connectivity index (χ3v) is 6.06. The Morgan fingerprint density at radius 2 is 2.30 bits per heavy atom. The van der Waals surface area contributed by atoms with Crippen molar-refractivity contribution in [2.45, 2.75) is 37.4 Å². The highest BCUT2D eigenvalue weighted by atomic mass is 79.9. The number of hydrogen-bond donors (Lipinski definition) is 1. The van der Waals surface area contributed by atoms with E-state index in [1.807, 2.05) is 0 Å². The quantitative estimate of drug-likeness (QED) is 0.827. The molecular weight excluding hydrogens is 350 g/mol. The van der Waals surface area contributed by atoms with Crippen molar-refractivity contribution < 1.29 is 22.7 Å². The fourth-order valence-corrected chi connectivity index (χ4v) is 4.64. The van der Waals surface area contributed by atoms with Gasteiger partial charge in [-0.05, 0) is 28.8 Å². The zero-order valence-electron chi connectivity index (χ0n) is 11.2. The van der Waals surface area contributed by atoms with Gasteiger partial charge in [-0.25, -0.2) is 8.42 Å². The number of likely N-dealkylation sites (N-methyl/N-ethyl adjacent to an activating group) is 1. The summed E-state index contributed by atoms with van der Waals surface area (Å²) in [6.07, 6.45) is 1.79. The van der Waals surface area contributed by atoms with Crippen LogP contribution in [0.2, 0.25) is 0 Å². The third-order valence-electron chi connectivity index (χ3n) is 3.26. The van der Waals surface area contributed by atoms with Gasteiger partial charge >= 0.3 is 0 Å². The predicted octanol–water partition coefficient (Wildman–Crippen LogP) is 1.72. The van der Waals surface area contributed by atoms with Crippen LogP contribution in [0.1, 0.15) is 25.5 Å². The van der Waals surface area contributed by atoms with Crippen LogP contribution in [0.3, 0.4) is 0 Å². The molecule has 6 nitrogen and oxygen atoms in total. The van der Waals surface area contributed by atoms with Crippen LogP contribution in [-0.4, -0.2) is 43.6 Å². The van der Waals surface area contributed by atoms with Crippen LogP contribution in [0, 0.1) is 0 Å². The summed E-state index contributed by atoms with van der Waals surface area (Å²) in [6, 6.07) is 1.34. The molecule has 0 amide bonds. The van der Waals surface area contributed by atoms with Crippen molar-refractivity contribution in [2.24, 2.45) is 0 Å². The lowest BCUT2D eigenvalue weighted by Crippen LogP contribution is -2.37. The van der Waals surface area contributed by atoms with Gasteiger partial charge in [-0.1, -0.05) is 6.92 Å². The fraction of sp³-hybridized carbons (Fsp3) is 0.667. The Bertz CT molecular complexity index is 550. The van der Waals surface area contributed by atoms with E-state index < -0.39 is 10.0 Å². The standard InChI is InChI=1S/C12H18BrNO5S/c1-2-14(7-9-4-3-5-18-9)20(16,17)11-6-10(8-15)19-12(11)13/h6,9,15H,2-5,7-8H2,1H3. The van der Waals surface area contributed by atoms with Crippen LogP contribution < -0.4 is 0 Å². The summed E-state index contributed by atoms with van der Waals surface area (Å²) in [6.45, 7) is 2.82. The van der Waals surface area contributed by atoms with Gasteiger partial charge in [0.05, 0.1) is 6.10 Å². The molecule has 0 spiro atoms. The topological polar surface area (TPSA) is 80.0 Å². The SMILES string of the molecule is CCN(CC1CCCO1)S(=O)(=O)c1cc(CO)oc1Br. The van der Waals surface area contributed by atoms with Crippen molar-refractivity contribution in [3.05, 3.63) is 16.5 Å². The number of furan rings is 1. The number of aliphatic hydroxyl groups is 1. The molecule has 0 aliphatic carbocycles. The molecule has 1 aromatic rings. The zero-order valence-corrected chi connectivity index (χ0v) is 13.6. The summed E-state index contributed by atoms with van der Waals surface area (Å²) in [5.74, 6) is 0.212. The predicted molar refractivity (Wildman–Crippen MR) is 75.7 cm³/mol. The Hall–Kier alpha value is -0.410. The van der Waals surface area contributed by atoms with E-state index in [1.165, 1.54) is 10.4 Å². The Balaban J connectivity index is 2.23. The Labute approximate surface area is 126 Å². The number of ether oxygens (including phenoxy) is 1. The number of halogens is 1. The van der Waals surface area contributed by atoms with Crippen molar-refractivity contribution >= 4 is 26.0 Å². The molecule has 0 aromatic carbocycles. The molecular formula is C12H18BrNO5S. The summed E-state index contributed by atoms with van der Waals surface area (Å²) in [5, 5.41) is 9.02. The number of nitrogens with zero attached hydrogens (tertiary/aromatic N) is 1. The normalized spacial score (nSPS) is 19.9. The van der Waals surface area contributed by atoms with Crippen molar-refractivity contribution in [1.29, 1.82) is 0 Å². The highest BCUT2D eigenvalue weighted by Crippen LogP contribution is 2.29. The monoisotopic (exact) mass is 367 g/mol. The molecule has 1 atom stereocenters. The van der Waals surface area contributed by atoms with Crippen LogP contribution in [0.25, 0.3) is 0 Å². The lowest BCUT2D eigenvalue weighted by molar-refractivity contribution is 0.0946. The molecule has 0 radical (unpaired) electrons. The van der Waals surface area contributed by atoms with Crippen LogP contribution in [0.4, 0.5) is 0 Å². The average molecular weight is 368 g/mol. The molecule has 1 aliphatic heterocycles. The molecule has 2 rings (SSSR count). The maximum Gasteiger partial charge on any atom is 0.247 e. The van der Waals surface area contributed by atoms with Gasteiger partial charge in [-0.2, -0.15) is 4.31 Å². The van der Waals surface area contributed by atoms with Gasteiger partial charge in [0.25, 0.3) is 0 Å². The van der Waals surface area contributed by atoms with Gasteiger partial charge < -0.3 is 14.3 Å². The second-order valence-corrected chi connectivity index (χ2v) is 7.23. The molecule has 1 aliphatic rings. The molecule has 8 heteroatoms. The van der Waals surface area contributed by atoms with Gasteiger partial charge in [0, 0.05) is 25.8 Å². The second-order valence-electron chi connectivity index (χ2n) is 4.60. The molecule has 114 valence electrons. The number of sulfonamides is 1. The summed E-state index contributed by atoms with van der Waals surface area (Å²) < 4.78 is 37.3. The number of aliphatic hydroxyl groups excluding tert-OH is 1. The Morgan fingerprint density at radius 1 is 1.55 bits per heavy atom. The summed E-state index contributed by atoms with van der Waals surface area (Å²) in [4.78, 5) is 0.0430. The molecule has 0 bridgehead atoms. The first-order valence-electron chi connectivity index (χ1n) is 6.49. The van der Waals surface area contributed by atoms with Gasteiger partial charge in [0.2, 0.25) is 10.0 Å². The molecule has 20 heavy (non-hydrogen) atoms. The van der Waals surface area contributed by atoms with E-state index in [9.17, 15) is 8.42 Å². The maximum absolute atomic E-state index is 12.6. The minimum absolute atomic E-state index is 0.0430. The lowest BCUT2D eigenvalue weighted by Gasteiger charge is -2.22.